The molecular weight excluding hydrogens is 349 g/mol. The van der Waals surface area contributed by atoms with E-state index in [0.29, 0.717) is 5.56 Å². The average Bonchev–Trinajstić information content (AvgIpc) is 2.99. The number of carbonyl (C=O) groups is 2. The van der Waals surface area contributed by atoms with E-state index in [-0.39, 0.29) is 21.6 Å². The molecule has 1 atom stereocenters. The number of hydrogen-bond donors (Lipinski definition) is 2. The Labute approximate surface area is 147 Å². The number of carboxylic acids is 1. The molecule has 3 aromatic rings. The molecule has 0 aliphatic heterocycles. The van der Waals surface area contributed by atoms with Gasteiger partial charge in [0.05, 0.1) is 5.56 Å². The van der Waals surface area contributed by atoms with Crippen LogP contribution in [0, 0.1) is 5.82 Å². The number of halogens is 2. The van der Waals surface area contributed by atoms with E-state index in [1.54, 1.807) is 30.3 Å². The third-order valence-electron chi connectivity index (χ3n) is 3.98. The van der Waals surface area contributed by atoms with Crippen LogP contribution in [-0.4, -0.2) is 17.0 Å². The van der Waals surface area contributed by atoms with Crippen molar-refractivity contribution in [3.63, 3.8) is 0 Å². The van der Waals surface area contributed by atoms with Crippen molar-refractivity contribution in [3.05, 3.63) is 70.7 Å². The summed E-state index contributed by atoms with van der Waals surface area (Å²) < 4.78 is 18.9. The Balaban J connectivity index is 2.02. The third-order valence-corrected chi connectivity index (χ3v) is 4.20. The standard InChI is InChI=1S/C18H13ClFNO4/c1-18(17(23)24,10-5-3-2-4-6-10)21-16(22)13-9-25-15-12(13)7-11(19)8-14(15)20/h2-9H,1H3,(H,21,22)(H,23,24). The minimum Gasteiger partial charge on any atom is -0.479 e. The second kappa shape index (κ2) is 6.22. The maximum absolute atomic E-state index is 13.9. The number of benzene rings is 2. The van der Waals surface area contributed by atoms with Crippen LogP contribution in [-0.2, 0) is 10.3 Å². The SMILES string of the molecule is CC(NC(=O)c1coc2c(F)cc(Cl)cc12)(C(=O)O)c1ccccc1. The van der Waals surface area contributed by atoms with Gasteiger partial charge in [0.25, 0.3) is 5.91 Å². The van der Waals surface area contributed by atoms with Crippen LogP contribution in [0.1, 0.15) is 22.8 Å². The van der Waals surface area contributed by atoms with Gasteiger partial charge in [0, 0.05) is 10.4 Å². The first-order chi connectivity index (χ1) is 11.8. The summed E-state index contributed by atoms with van der Waals surface area (Å²) in [4.78, 5) is 24.4. The molecule has 1 heterocycles. The highest BCUT2D eigenvalue weighted by Crippen LogP contribution is 2.29. The Morgan fingerprint density at radius 1 is 1.24 bits per heavy atom. The van der Waals surface area contributed by atoms with Crippen LogP contribution >= 0.6 is 11.6 Å². The van der Waals surface area contributed by atoms with Crippen LogP contribution in [0.4, 0.5) is 4.39 Å². The molecule has 1 aromatic heterocycles. The quantitative estimate of drug-likeness (QED) is 0.737. The molecule has 25 heavy (non-hydrogen) atoms. The van der Waals surface area contributed by atoms with Crippen LogP contribution in [0.15, 0.2) is 53.1 Å². The second-order valence-corrected chi connectivity index (χ2v) is 6.10. The van der Waals surface area contributed by atoms with Crippen LogP contribution < -0.4 is 5.32 Å². The van der Waals surface area contributed by atoms with E-state index < -0.39 is 23.2 Å². The molecule has 1 unspecified atom stereocenters. The van der Waals surface area contributed by atoms with Crippen LogP contribution in [0.5, 0.6) is 0 Å². The van der Waals surface area contributed by atoms with Gasteiger partial charge in [-0.1, -0.05) is 41.9 Å². The molecule has 0 saturated carbocycles. The van der Waals surface area contributed by atoms with Gasteiger partial charge in [-0.25, -0.2) is 9.18 Å². The minimum absolute atomic E-state index is 0.000180. The number of fused-ring (bicyclic) bond motifs is 1. The molecule has 0 aliphatic carbocycles. The van der Waals surface area contributed by atoms with E-state index in [2.05, 4.69) is 5.32 Å². The van der Waals surface area contributed by atoms with E-state index in [0.717, 1.165) is 12.3 Å². The van der Waals surface area contributed by atoms with Gasteiger partial charge in [0.15, 0.2) is 16.9 Å². The number of aliphatic carboxylic acids is 1. The van der Waals surface area contributed by atoms with Gasteiger partial charge in [-0.3, -0.25) is 4.79 Å². The van der Waals surface area contributed by atoms with Gasteiger partial charge < -0.3 is 14.8 Å². The van der Waals surface area contributed by atoms with Gasteiger partial charge in [0.2, 0.25) is 0 Å². The molecule has 0 saturated heterocycles. The number of hydrogen-bond acceptors (Lipinski definition) is 3. The van der Waals surface area contributed by atoms with Gasteiger partial charge >= 0.3 is 5.97 Å². The van der Waals surface area contributed by atoms with Crippen LogP contribution in [0.25, 0.3) is 11.0 Å². The molecule has 5 nitrogen and oxygen atoms in total. The number of carboxylic acid groups (broad SMARTS) is 1. The van der Waals surface area contributed by atoms with Crippen LogP contribution in [0.3, 0.4) is 0 Å². The monoisotopic (exact) mass is 361 g/mol. The molecule has 0 radical (unpaired) electrons. The molecule has 7 heteroatoms. The fraction of sp³-hybridized carbons (Fsp3) is 0.111. The number of carbonyl (C=O) groups excluding carboxylic acids is 1. The highest BCUT2D eigenvalue weighted by atomic mass is 35.5. The molecule has 0 spiro atoms. The van der Waals surface area contributed by atoms with Crippen molar-refractivity contribution in [3.8, 4) is 0 Å². The lowest BCUT2D eigenvalue weighted by Crippen LogP contribution is -2.49. The summed E-state index contributed by atoms with van der Waals surface area (Å²) in [5, 5.41) is 12.4. The van der Waals surface area contributed by atoms with Gasteiger partial charge in [-0.2, -0.15) is 0 Å². The summed E-state index contributed by atoms with van der Waals surface area (Å²) in [6.07, 6.45) is 1.08. The summed E-state index contributed by atoms with van der Waals surface area (Å²) in [5.41, 5.74) is -1.39. The third kappa shape index (κ3) is 2.96. The Morgan fingerprint density at radius 3 is 2.56 bits per heavy atom. The smallest absolute Gasteiger partial charge is 0.333 e. The van der Waals surface area contributed by atoms with Gasteiger partial charge in [0.1, 0.15) is 6.26 Å². The molecule has 2 aromatic carbocycles. The fourth-order valence-corrected chi connectivity index (χ4v) is 2.76. The second-order valence-electron chi connectivity index (χ2n) is 5.66. The van der Waals surface area contributed by atoms with Crippen molar-refractivity contribution in [1.82, 2.24) is 5.32 Å². The lowest BCUT2D eigenvalue weighted by atomic mass is 9.91. The maximum atomic E-state index is 13.9. The van der Waals surface area contributed by atoms with Gasteiger partial charge in [-0.15, -0.1) is 0 Å². The molecule has 128 valence electrons. The molecule has 3 rings (SSSR count). The fourth-order valence-electron chi connectivity index (χ4n) is 2.55. The summed E-state index contributed by atoms with van der Waals surface area (Å²) in [7, 11) is 0. The number of furan rings is 1. The predicted molar refractivity (Wildman–Crippen MR) is 90.1 cm³/mol. The molecule has 0 aliphatic rings. The highest BCUT2D eigenvalue weighted by molar-refractivity contribution is 6.31. The summed E-state index contributed by atoms with van der Waals surface area (Å²) in [5.74, 6) is -2.65. The van der Waals surface area contributed by atoms with Crippen molar-refractivity contribution in [2.75, 3.05) is 0 Å². The Morgan fingerprint density at radius 2 is 1.92 bits per heavy atom. The molecule has 1 amide bonds. The van der Waals surface area contributed by atoms with Crippen LogP contribution in [0.2, 0.25) is 5.02 Å². The summed E-state index contributed by atoms with van der Waals surface area (Å²) in [6, 6.07) is 10.7. The minimum atomic E-state index is -1.67. The number of nitrogens with one attached hydrogen (secondary N) is 1. The molecular formula is C18H13ClFNO4. The van der Waals surface area contributed by atoms with E-state index in [1.165, 1.54) is 13.0 Å². The van der Waals surface area contributed by atoms with E-state index in [4.69, 9.17) is 16.0 Å². The first-order valence-electron chi connectivity index (χ1n) is 7.30. The predicted octanol–water partition coefficient (Wildman–Crippen LogP) is 3.96. The van der Waals surface area contributed by atoms with Crippen molar-refractivity contribution < 1.29 is 23.5 Å². The Hall–Kier alpha value is -2.86. The average molecular weight is 362 g/mol. The lowest BCUT2D eigenvalue weighted by Gasteiger charge is -2.26. The summed E-state index contributed by atoms with van der Waals surface area (Å²) in [6.45, 7) is 1.37. The van der Waals surface area contributed by atoms with Gasteiger partial charge in [-0.05, 0) is 24.6 Å². The molecule has 0 bridgehead atoms. The van der Waals surface area contributed by atoms with Crippen molar-refractivity contribution in [2.24, 2.45) is 0 Å². The van der Waals surface area contributed by atoms with Crippen molar-refractivity contribution >= 4 is 34.4 Å². The zero-order valence-electron chi connectivity index (χ0n) is 13.0. The van der Waals surface area contributed by atoms with E-state index >= 15 is 0 Å². The zero-order valence-corrected chi connectivity index (χ0v) is 13.8. The topological polar surface area (TPSA) is 79.5 Å². The Bertz CT molecular complexity index is 970. The number of rotatable bonds is 4. The van der Waals surface area contributed by atoms with E-state index in [1.807, 2.05) is 0 Å². The zero-order chi connectivity index (χ0) is 18.2. The summed E-state index contributed by atoms with van der Waals surface area (Å²) >= 11 is 5.83. The normalized spacial score (nSPS) is 13.4. The lowest BCUT2D eigenvalue weighted by molar-refractivity contribution is -0.144. The number of amides is 1. The first-order valence-corrected chi connectivity index (χ1v) is 7.68. The first kappa shape index (κ1) is 17.0. The maximum Gasteiger partial charge on any atom is 0.333 e. The molecule has 0 fully saturated rings. The highest BCUT2D eigenvalue weighted by Gasteiger charge is 2.37. The molecule has 2 N–H and O–H groups in total. The largest absolute Gasteiger partial charge is 0.479 e. The van der Waals surface area contributed by atoms with Crippen molar-refractivity contribution in [2.45, 2.75) is 12.5 Å². The van der Waals surface area contributed by atoms with Crippen molar-refractivity contribution in [1.29, 1.82) is 0 Å². The Kier molecular flexibility index (Phi) is 4.22. The van der Waals surface area contributed by atoms with E-state index in [9.17, 15) is 19.1 Å².